The monoisotopic (exact) mass is 415 g/mol. The highest BCUT2D eigenvalue weighted by atomic mass is 16.5. The van der Waals surface area contributed by atoms with E-state index < -0.39 is 0 Å². The Morgan fingerprint density at radius 1 is 0.935 bits per heavy atom. The topological polar surface area (TPSA) is 71.0 Å². The molecule has 31 heavy (non-hydrogen) atoms. The second-order valence-corrected chi connectivity index (χ2v) is 7.77. The summed E-state index contributed by atoms with van der Waals surface area (Å²) in [6.45, 7) is 0. The maximum atomic E-state index is 12.8. The van der Waals surface area contributed by atoms with E-state index in [1.165, 1.54) is 10.5 Å². The van der Waals surface area contributed by atoms with Crippen molar-refractivity contribution in [3.8, 4) is 0 Å². The van der Waals surface area contributed by atoms with Crippen LogP contribution in [0, 0.1) is 0 Å². The minimum atomic E-state index is -0.248. The molecule has 0 radical (unpaired) electrons. The molecule has 0 unspecified atom stereocenters. The van der Waals surface area contributed by atoms with E-state index in [9.17, 15) is 9.59 Å². The van der Waals surface area contributed by atoms with Crippen LogP contribution in [0.5, 0.6) is 0 Å². The highest BCUT2D eigenvalue weighted by Crippen LogP contribution is 2.41. The molecule has 0 atom stereocenters. The minimum Gasteiger partial charge on any atom is -0.501 e. The number of rotatable bonds is 4. The summed E-state index contributed by atoms with van der Waals surface area (Å²) in [5, 5.41) is 2.93. The third kappa shape index (κ3) is 4.14. The lowest BCUT2D eigenvalue weighted by Gasteiger charge is -2.20. The van der Waals surface area contributed by atoms with E-state index in [1.54, 1.807) is 45.5 Å². The molecule has 0 fully saturated rings. The van der Waals surface area contributed by atoms with Gasteiger partial charge in [0.2, 0.25) is 0 Å². The molecule has 0 saturated heterocycles. The number of nitrogens with zero attached hydrogens (tertiary/aromatic N) is 2. The van der Waals surface area contributed by atoms with Crippen molar-refractivity contribution < 1.29 is 14.3 Å². The second-order valence-electron chi connectivity index (χ2n) is 7.77. The van der Waals surface area contributed by atoms with Crippen LogP contribution in [-0.4, -0.2) is 43.8 Å². The SMILES string of the molecule is COC1=C2CC(NC(=O)c3ccc(C(=O)N(C)C)cc3)=NC2=C(c2ccccc2)CC1. The molecule has 2 aliphatic rings. The molecule has 6 nitrogen and oxygen atoms in total. The van der Waals surface area contributed by atoms with Crippen LogP contribution in [0.2, 0.25) is 0 Å². The number of hydrogen-bond acceptors (Lipinski definition) is 4. The normalized spacial score (nSPS) is 15.4. The van der Waals surface area contributed by atoms with E-state index in [4.69, 9.17) is 9.73 Å². The number of amidine groups is 1. The van der Waals surface area contributed by atoms with Crippen molar-refractivity contribution in [1.82, 2.24) is 10.2 Å². The van der Waals surface area contributed by atoms with E-state index in [0.717, 1.165) is 35.4 Å². The molecular weight excluding hydrogens is 390 g/mol. The highest BCUT2D eigenvalue weighted by molar-refractivity contribution is 6.09. The largest absolute Gasteiger partial charge is 0.501 e. The minimum absolute atomic E-state index is 0.101. The molecule has 1 N–H and O–H groups in total. The van der Waals surface area contributed by atoms with Crippen LogP contribution < -0.4 is 5.32 Å². The maximum absolute atomic E-state index is 12.8. The summed E-state index contributed by atoms with van der Waals surface area (Å²) in [5.74, 6) is 1.18. The first kappa shape index (κ1) is 20.6. The zero-order valence-electron chi connectivity index (χ0n) is 17.9. The van der Waals surface area contributed by atoms with Crippen molar-refractivity contribution in [3.63, 3.8) is 0 Å². The van der Waals surface area contributed by atoms with E-state index in [0.29, 0.717) is 23.4 Å². The average Bonchev–Trinajstić information content (AvgIpc) is 3.22. The number of methoxy groups -OCH3 is 1. The van der Waals surface area contributed by atoms with Crippen molar-refractivity contribution in [2.45, 2.75) is 19.3 Å². The smallest absolute Gasteiger partial charge is 0.256 e. The van der Waals surface area contributed by atoms with Crippen LogP contribution in [-0.2, 0) is 4.74 Å². The van der Waals surface area contributed by atoms with Crippen molar-refractivity contribution in [3.05, 3.63) is 88.3 Å². The maximum Gasteiger partial charge on any atom is 0.256 e. The summed E-state index contributed by atoms with van der Waals surface area (Å²) in [6.07, 6.45) is 2.19. The molecule has 0 bridgehead atoms. The van der Waals surface area contributed by atoms with Gasteiger partial charge in [0.1, 0.15) is 11.6 Å². The Balaban J connectivity index is 1.58. The lowest BCUT2D eigenvalue weighted by atomic mass is 9.89. The van der Waals surface area contributed by atoms with Crippen LogP contribution in [0.25, 0.3) is 5.57 Å². The summed E-state index contributed by atoms with van der Waals surface area (Å²) in [7, 11) is 5.07. The third-order valence-corrected chi connectivity index (χ3v) is 5.53. The number of carbonyl (C=O) groups is 2. The van der Waals surface area contributed by atoms with Crippen molar-refractivity contribution >= 4 is 23.2 Å². The zero-order chi connectivity index (χ0) is 22.0. The summed E-state index contributed by atoms with van der Waals surface area (Å²) >= 11 is 0. The molecule has 2 aromatic rings. The predicted octanol–water partition coefficient (Wildman–Crippen LogP) is 4.03. The number of carbonyl (C=O) groups excluding carboxylic acids is 2. The van der Waals surface area contributed by atoms with E-state index in [-0.39, 0.29) is 11.8 Å². The molecule has 1 aliphatic carbocycles. The summed E-state index contributed by atoms with van der Waals surface area (Å²) in [4.78, 5) is 31.1. The number of fused-ring (bicyclic) bond motifs is 1. The number of ether oxygens (including phenoxy) is 1. The first-order valence-electron chi connectivity index (χ1n) is 10.2. The van der Waals surface area contributed by atoms with Gasteiger partial charge < -0.3 is 15.0 Å². The number of nitrogens with one attached hydrogen (secondary N) is 1. The van der Waals surface area contributed by atoms with E-state index >= 15 is 0 Å². The fraction of sp³-hybridized carbons (Fsp3) is 0.240. The van der Waals surface area contributed by atoms with Gasteiger partial charge in [0.15, 0.2) is 0 Å². The van der Waals surface area contributed by atoms with Crippen molar-refractivity contribution in [1.29, 1.82) is 0 Å². The number of hydrogen-bond donors (Lipinski definition) is 1. The number of benzene rings is 2. The number of aliphatic imine (C=N–C) groups is 1. The van der Waals surface area contributed by atoms with Crippen LogP contribution >= 0.6 is 0 Å². The van der Waals surface area contributed by atoms with Gasteiger partial charge in [0.25, 0.3) is 11.8 Å². The Bertz CT molecular complexity index is 1110. The van der Waals surface area contributed by atoms with Gasteiger partial charge in [-0.1, -0.05) is 30.3 Å². The zero-order valence-corrected chi connectivity index (χ0v) is 17.9. The Hall–Kier alpha value is -3.67. The Kier molecular flexibility index (Phi) is 5.71. The van der Waals surface area contributed by atoms with Gasteiger partial charge in [-0.3, -0.25) is 9.59 Å². The van der Waals surface area contributed by atoms with Gasteiger partial charge >= 0.3 is 0 Å². The predicted molar refractivity (Wildman–Crippen MR) is 121 cm³/mol. The Labute approximate surface area is 181 Å². The van der Waals surface area contributed by atoms with Gasteiger partial charge in [-0.25, -0.2) is 4.99 Å². The molecule has 0 aromatic heterocycles. The molecule has 0 spiro atoms. The Morgan fingerprint density at radius 3 is 2.26 bits per heavy atom. The quantitative estimate of drug-likeness (QED) is 0.820. The van der Waals surface area contributed by atoms with Crippen LogP contribution in [0.1, 0.15) is 45.5 Å². The van der Waals surface area contributed by atoms with Crippen molar-refractivity contribution in [2.24, 2.45) is 4.99 Å². The molecule has 1 aliphatic heterocycles. The van der Waals surface area contributed by atoms with Crippen LogP contribution in [0.4, 0.5) is 0 Å². The molecule has 1 heterocycles. The lowest BCUT2D eigenvalue weighted by Crippen LogP contribution is -2.29. The van der Waals surface area contributed by atoms with E-state index in [1.807, 2.05) is 18.2 Å². The number of allylic oxidation sites excluding steroid dienone is 3. The van der Waals surface area contributed by atoms with Gasteiger partial charge in [-0.2, -0.15) is 0 Å². The van der Waals surface area contributed by atoms with Gasteiger partial charge in [0, 0.05) is 43.6 Å². The summed E-state index contributed by atoms with van der Waals surface area (Å²) in [6, 6.07) is 16.8. The van der Waals surface area contributed by atoms with Gasteiger partial charge in [0.05, 0.1) is 12.8 Å². The van der Waals surface area contributed by atoms with Gasteiger partial charge in [-0.15, -0.1) is 0 Å². The number of amides is 2. The summed E-state index contributed by atoms with van der Waals surface area (Å²) in [5.41, 5.74) is 5.27. The molecule has 2 amide bonds. The average molecular weight is 415 g/mol. The summed E-state index contributed by atoms with van der Waals surface area (Å²) < 4.78 is 5.61. The molecule has 158 valence electrons. The fourth-order valence-corrected chi connectivity index (χ4v) is 3.92. The van der Waals surface area contributed by atoms with Crippen molar-refractivity contribution in [2.75, 3.05) is 21.2 Å². The lowest BCUT2D eigenvalue weighted by molar-refractivity contribution is 0.0826. The van der Waals surface area contributed by atoms with Crippen LogP contribution in [0.15, 0.2) is 76.6 Å². The second kappa shape index (κ2) is 8.60. The van der Waals surface area contributed by atoms with E-state index in [2.05, 4.69) is 17.4 Å². The molecule has 0 saturated carbocycles. The fourth-order valence-electron chi connectivity index (χ4n) is 3.92. The highest BCUT2D eigenvalue weighted by Gasteiger charge is 2.30. The molecule has 6 heteroatoms. The first-order valence-corrected chi connectivity index (χ1v) is 10.2. The first-order chi connectivity index (χ1) is 15.0. The molecule has 4 rings (SSSR count). The van der Waals surface area contributed by atoms with Gasteiger partial charge in [-0.05, 0) is 41.8 Å². The standard InChI is InChI=1S/C25H25N3O3/c1-28(2)25(30)18-11-9-17(10-12-18)24(29)27-22-15-20-21(31-3)14-13-19(23(20)26-22)16-7-5-4-6-8-16/h4-12H,13-15H2,1-3H3,(H,26,27,29). The third-order valence-electron chi connectivity index (χ3n) is 5.53. The van der Waals surface area contributed by atoms with Crippen LogP contribution in [0.3, 0.4) is 0 Å². The Morgan fingerprint density at radius 2 is 1.61 bits per heavy atom. The molecular formula is C25H25N3O3. The molecule has 2 aromatic carbocycles.